The van der Waals surface area contributed by atoms with Crippen LogP contribution >= 0.6 is 0 Å². The summed E-state index contributed by atoms with van der Waals surface area (Å²) in [5.74, 6) is 0.863. The van der Waals surface area contributed by atoms with Crippen LogP contribution in [0.1, 0.15) is 5.82 Å². The van der Waals surface area contributed by atoms with Gasteiger partial charge in [0.15, 0.2) is 11.5 Å². The molecule has 0 radical (unpaired) electrons. The molecule has 0 saturated heterocycles. The number of hydrogen-bond acceptors (Lipinski definition) is 3. The van der Waals surface area contributed by atoms with Crippen LogP contribution in [0.15, 0.2) is 12.1 Å². The van der Waals surface area contributed by atoms with Gasteiger partial charge in [0.2, 0.25) is 0 Å². The molecule has 0 fully saturated rings. The third kappa shape index (κ3) is 1.16. The molecule has 0 saturated carbocycles. The Kier molecular flexibility index (Phi) is 1.54. The number of alkyl halides is 2. The van der Waals surface area contributed by atoms with Gasteiger partial charge in [-0.2, -0.15) is 0 Å². The van der Waals surface area contributed by atoms with Crippen molar-refractivity contribution in [3.63, 3.8) is 0 Å². The first-order chi connectivity index (χ1) is 7.46. The van der Waals surface area contributed by atoms with Crippen molar-refractivity contribution in [2.75, 3.05) is 0 Å². The molecule has 0 spiro atoms. The van der Waals surface area contributed by atoms with Gasteiger partial charge in [0.05, 0.1) is 11.0 Å². The number of aryl methyl sites for hydroxylation is 2. The maximum absolute atomic E-state index is 12.8. The summed E-state index contributed by atoms with van der Waals surface area (Å²) in [7, 11) is 1.81. The number of ether oxygens (including phenoxy) is 2. The zero-order chi connectivity index (χ0) is 11.5. The molecule has 2 heterocycles. The molecule has 84 valence electrons. The van der Waals surface area contributed by atoms with E-state index in [-0.39, 0.29) is 11.5 Å². The van der Waals surface area contributed by atoms with Gasteiger partial charge in [-0.05, 0) is 6.92 Å². The summed E-state index contributed by atoms with van der Waals surface area (Å²) in [4.78, 5) is 4.22. The minimum Gasteiger partial charge on any atom is -0.395 e. The first kappa shape index (κ1) is 9.38. The maximum atomic E-state index is 12.8. The minimum atomic E-state index is -3.57. The summed E-state index contributed by atoms with van der Waals surface area (Å²) in [5, 5.41) is 0. The summed E-state index contributed by atoms with van der Waals surface area (Å²) in [5.41, 5.74) is 1.35. The second-order valence-electron chi connectivity index (χ2n) is 3.67. The van der Waals surface area contributed by atoms with Crippen molar-refractivity contribution in [1.82, 2.24) is 9.55 Å². The Morgan fingerprint density at radius 3 is 2.56 bits per heavy atom. The van der Waals surface area contributed by atoms with Crippen molar-refractivity contribution in [3.8, 4) is 11.5 Å². The standard InChI is InChI=1S/C10H8F2N2O2/c1-5-13-6-3-8-9(4-7(6)14(5)2)16-10(11,12)15-8/h3-4H,1-2H3. The van der Waals surface area contributed by atoms with Crippen LogP contribution in [-0.2, 0) is 7.05 Å². The van der Waals surface area contributed by atoms with Gasteiger partial charge in [-0.25, -0.2) is 4.98 Å². The molecule has 16 heavy (non-hydrogen) atoms. The van der Waals surface area contributed by atoms with E-state index in [9.17, 15) is 8.78 Å². The molecule has 6 heteroatoms. The second kappa shape index (κ2) is 2.63. The van der Waals surface area contributed by atoms with Gasteiger partial charge in [0, 0.05) is 19.2 Å². The normalized spacial score (nSPS) is 17.0. The van der Waals surface area contributed by atoms with Crippen LogP contribution in [-0.4, -0.2) is 15.8 Å². The fraction of sp³-hybridized carbons (Fsp3) is 0.300. The molecule has 0 amide bonds. The molecule has 2 aromatic rings. The number of nitrogens with zero attached hydrogens (tertiary/aromatic N) is 2. The van der Waals surface area contributed by atoms with Crippen LogP contribution in [0.4, 0.5) is 8.78 Å². The summed E-state index contributed by atoms with van der Waals surface area (Å²) in [6.45, 7) is 1.83. The Balaban J connectivity index is 2.25. The Labute approximate surface area is 89.4 Å². The van der Waals surface area contributed by atoms with Crippen molar-refractivity contribution in [3.05, 3.63) is 18.0 Å². The molecule has 1 aromatic carbocycles. The minimum absolute atomic E-state index is 0.0237. The maximum Gasteiger partial charge on any atom is 0.586 e. The number of aromatic nitrogens is 2. The van der Waals surface area contributed by atoms with E-state index in [1.807, 2.05) is 14.0 Å². The van der Waals surface area contributed by atoms with Crippen molar-refractivity contribution in [1.29, 1.82) is 0 Å². The van der Waals surface area contributed by atoms with Gasteiger partial charge in [-0.3, -0.25) is 0 Å². The first-order valence-corrected chi connectivity index (χ1v) is 4.69. The van der Waals surface area contributed by atoms with Crippen LogP contribution < -0.4 is 9.47 Å². The van der Waals surface area contributed by atoms with Gasteiger partial charge >= 0.3 is 6.29 Å². The lowest BCUT2D eigenvalue weighted by atomic mass is 10.3. The first-order valence-electron chi connectivity index (χ1n) is 4.69. The molecule has 0 N–H and O–H groups in total. The number of hydrogen-bond donors (Lipinski definition) is 0. The van der Waals surface area contributed by atoms with Crippen molar-refractivity contribution in [2.24, 2.45) is 7.05 Å². The summed E-state index contributed by atoms with van der Waals surface area (Å²) >= 11 is 0. The number of benzene rings is 1. The van der Waals surface area contributed by atoms with E-state index in [1.165, 1.54) is 12.1 Å². The summed E-state index contributed by atoms with van der Waals surface area (Å²) < 4.78 is 36.1. The Hall–Kier alpha value is -1.85. The lowest BCUT2D eigenvalue weighted by molar-refractivity contribution is -0.286. The molecular formula is C10H8F2N2O2. The highest BCUT2D eigenvalue weighted by Gasteiger charge is 2.43. The SMILES string of the molecule is Cc1nc2cc3c(cc2n1C)OC(F)(F)O3. The summed E-state index contributed by atoms with van der Waals surface area (Å²) in [6, 6.07) is 2.96. The van der Waals surface area contributed by atoms with Gasteiger partial charge in [-0.1, -0.05) is 0 Å². The highest BCUT2D eigenvalue weighted by atomic mass is 19.3. The fourth-order valence-corrected chi connectivity index (χ4v) is 1.76. The van der Waals surface area contributed by atoms with Crippen molar-refractivity contribution < 1.29 is 18.3 Å². The van der Waals surface area contributed by atoms with E-state index in [0.29, 0.717) is 5.52 Å². The molecule has 0 atom stereocenters. The average Bonchev–Trinajstić information content (AvgIpc) is 2.60. The van der Waals surface area contributed by atoms with Crippen LogP contribution in [0.3, 0.4) is 0 Å². The molecule has 4 nitrogen and oxygen atoms in total. The van der Waals surface area contributed by atoms with Crippen molar-refractivity contribution >= 4 is 11.0 Å². The smallest absolute Gasteiger partial charge is 0.395 e. The lowest BCUT2D eigenvalue weighted by Crippen LogP contribution is -2.25. The highest BCUT2D eigenvalue weighted by molar-refractivity contribution is 5.80. The van der Waals surface area contributed by atoms with Crippen LogP contribution in [0.5, 0.6) is 11.5 Å². The third-order valence-corrected chi connectivity index (χ3v) is 2.63. The van der Waals surface area contributed by atoms with Gasteiger partial charge in [-0.15, -0.1) is 8.78 Å². The van der Waals surface area contributed by atoms with E-state index < -0.39 is 6.29 Å². The van der Waals surface area contributed by atoms with E-state index in [4.69, 9.17) is 0 Å². The predicted molar refractivity (Wildman–Crippen MR) is 51.7 cm³/mol. The highest BCUT2D eigenvalue weighted by Crippen LogP contribution is 2.42. The second-order valence-corrected chi connectivity index (χ2v) is 3.67. The molecule has 1 aromatic heterocycles. The Morgan fingerprint density at radius 1 is 1.25 bits per heavy atom. The van der Waals surface area contributed by atoms with E-state index in [1.54, 1.807) is 4.57 Å². The quantitative estimate of drug-likeness (QED) is 0.691. The van der Waals surface area contributed by atoms with Crippen LogP contribution in [0, 0.1) is 6.92 Å². The Morgan fingerprint density at radius 2 is 1.88 bits per heavy atom. The van der Waals surface area contributed by atoms with E-state index >= 15 is 0 Å². The van der Waals surface area contributed by atoms with E-state index in [0.717, 1.165) is 11.3 Å². The van der Waals surface area contributed by atoms with Gasteiger partial charge in [0.1, 0.15) is 5.82 Å². The van der Waals surface area contributed by atoms with Crippen molar-refractivity contribution in [2.45, 2.75) is 13.2 Å². The number of rotatable bonds is 0. The molecular weight excluding hydrogens is 218 g/mol. The van der Waals surface area contributed by atoms with E-state index in [2.05, 4.69) is 14.5 Å². The zero-order valence-electron chi connectivity index (χ0n) is 8.62. The molecule has 0 unspecified atom stereocenters. The van der Waals surface area contributed by atoms with Crippen LogP contribution in [0.25, 0.3) is 11.0 Å². The Bertz CT molecular complexity index is 592. The molecule has 0 bridgehead atoms. The fourth-order valence-electron chi connectivity index (χ4n) is 1.76. The largest absolute Gasteiger partial charge is 0.586 e. The monoisotopic (exact) mass is 226 g/mol. The number of imidazole rings is 1. The average molecular weight is 226 g/mol. The van der Waals surface area contributed by atoms with Gasteiger partial charge in [0.25, 0.3) is 0 Å². The molecule has 3 rings (SSSR count). The molecule has 0 aliphatic carbocycles. The number of fused-ring (bicyclic) bond motifs is 2. The third-order valence-electron chi connectivity index (χ3n) is 2.63. The summed E-state index contributed by atoms with van der Waals surface area (Å²) in [6.07, 6.45) is -3.57. The topological polar surface area (TPSA) is 36.3 Å². The molecule has 1 aliphatic heterocycles. The predicted octanol–water partition coefficient (Wildman–Crippen LogP) is 2.20. The zero-order valence-corrected chi connectivity index (χ0v) is 8.62. The lowest BCUT2D eigenvalue weighted by Gasteiger charge is -2.04. The van der Waals surface area contributed by atoms with Gasteiger partial charge < -0.3 is 14.0 Å². The molecule has 1 aliphatic rings. The number of halogens is 2. The van der Waals surface area contributed by atoms with Crippen LogP contribution in [0.2, 0.25) is 0 Å².